The number of nitrogens with zero attached hydrogens (tertiary/aromatic N) is 3. The van der Waals surface area contributed by atoms with Crippen LogP contribution in [0, 0.1) is 0 Å². The average molecular weight is 599 g/mol. The number of carbonyl (C=O) groups excluding carboxylic acids is 2. The molecule has 0 unspecified atom stereocenters. The number of hydrogen-bond donors (Lipinski definition) is 1. The summed E-state index contributed by atoms with van der Waals surface area (Å²) in [6.07, 6.45) is -0.0558. The van der Waals surface area contributed by atoms with Crippen LogP contribution in [0.3, 0.4) is 0 Å². The van der Waals surface area contributed by atoms with Gasteiger partial charge in [-0.3, -0.25) is 18.8 Å². The smallest absolute Gasteiger partial charge is 0.411 e. The van der Waals surface area contributed by atoms with Crippen LogP contribution in [0.5, 0.6) is 11.5 Å². The molecule has 1 fully saturated rings. The van der Waals surface area contributed by atoms with Gasteiger partial charge in [0.25, 0.3) is 0 Å². The number of nitrogens with one attached hydrogen (secondary N) is 1. The van der Waals surface area contributed by atoms with Crippen LogP contribution in [0.25, 0.3) is 22.2 Å². The zero-order chi connectivity index (χ0) is 31.0. The van der Waals surface area contributed by atoms with Gasteiger partial charge in [-0.2, -0.15) is 0 Å². The largest absolute Gasteiger partial charge is 0.497 e. The van der Waals surface area contributed by atoms with Crippen LogP contribution in [-0.4, -0.2) is 64.0 Å². The third-order valence-electron chi connectivity index (χ3n) is 8.04. The molecule has 2 aliphatic heterocycles. The first-order valence-corrected chi connectivity index (χ1v) is 15.0. The lowest BCUT2D eigenvalue weighted by Gasteiger charge is -2.27. The van der Waals surface area contributed by atoms with Gasteiger partial charge in [-0.05, 0) is 68.7 Å². The molecule has 10 heteroatoms. The van der Waals surface area contributed by atoms with E-state index in [1.807, 2.05) is 66.7 Å². The van der Waals surface area contributed by atoms with Crippen LogP contribution in [0.1, 0.15) is 39.2 Å². The summed E-state index contributed by atoms with van der Waals surface area (Å²) < 4.78 is 20.9. The van der Waals surface area contributed by atoms with Crippen molar-refractivity contribution in [3.8, 4) is 22.6 Å². The van der Waals surface area contributed by atoms with E-state index in [1.165, 1.54) is 4.90 Å². The molecule has 4 bridgehead atoms. The van der Waals surface area contributed by atoms with E-state index in [-0.39, 0.29) is 18.1 Å². The van der Waals surface area contributed by atoms with E-state index in [0.717, 1.165) is 33.5 Å². The summed E-state index contributed by atoms with van der Waals surface area (Å²) in [6, 6.07) is 20.7. The predicted octanol–water partition coefficient (Wildman–Crippen LogP) is 4.80. The minimum atomic E-state index is -0.722. The quantitative estimate of drug-likeness (QED) is 0.363. The molecule has 230 valence electrons. The number of aromatic nitrogens is 2. The average Bonchev–Trinajstić information content (AvgIpc) is 3.53. The first kappa shape index (κ1) is 29.3. The Kier molecular flexibility index (Phi) is 7.84. The highest BCUT2D eigenvalue weighted by molar-refractivity contribution is 5.93. The van der Waals surface area contributed by atoms with Crippen LogP contribution >= 0.6 is 0 Å². The lowest BCUT2D eigenvalue weighted by Crippen LogP contribution is -2.47. The maximum absolute atomic E-state index is 14.0. The monoisotopic (exact) mass is 598 g/mol. The van der Waals surface area contributed by atoms with E-state index in [4.69, 9.17) is 14.2 Å². The zero-order valence-corrected chi connectivity index (χ0v) is 25.5. The molecule has 3 heterocycles. The molecule has 0 saturated carbocycles. The zero-order valence-electron chi connectivity index (χ0n) is 25.5. The molecule has 1 aromatic heterocycles. The van der Waals surface area contributed by atoms with Gasteiger partial charge in [0.05, 0.1) is 31.2 Å². The van der Waals surface area contributed by atoms with Gasteiger partial charge in [-0.15, -0.1) is 0 Å². The van der Waals surface area contributed by atoms with Crippen molar-refractivity contribution in [3.63, 3.8) is 0 Å². The van der Waals surface area contributed by atoms with Crippen molar-refractivity contribution in [1.82, 2.24) is 19.4 Å². The van der Waals surface area contributed by atoms with Gasteiger partial charge < -0.3 is 19.5 Å². The summed E-state index contributed by atoms with van der Waals surface area (Å²) in [5.74, 6) is 1.11. The highest BCUT2D eigenvalue weighted by Gasteiger charge is 2.42. The topological polar surface area (TPSA) is 104 Å². The molecule has 2 atom stereocenters. The van der Waals surface area contributed by atoms with E-state index < -0.39 is 23.8 Å². The molecule has 0 radical (unpaired) electrons. The Morgan fingerprint density at radius 2 is 1.82 bits per heavy atom. The Balaban J connectivity index is 1.39. The lowest BCUT2D eigenvalue weighted by molar-refractivity contribution is -0.125. The summed E-state index contributed by atoms with van der Waals surface area (Å²) in [5, 5.41) is 2.99. The molecule has 3 aromatic carbocycles. The standard InChI is InChI=1S/C34H38N4O6/c1-34(2,3)44-33(41)38-21-26-19-29(38)31(39)35-16-7-17-36-30-27(23-8-5-9-25(18-23)43-26)10-6-11-28(30)37(32(36)40)20-22-12-14-24(42-4)15-13-22/h5-6,8-15,18,26,29H,7,16-17,19-21H2,1-4H3,(H,35,39)/t26-,29-/m0/s1. The van der Waals surface area contributed by atoms with Crippen molar-refractivity contribution in [2.24, 2.45) is 0 Å². The number of ether oxygens (including phenoxy) is 3. The number of likely N-dealkylation sites (tertiary alicyclic amines) is 1. The van der Waals surface area contributed by atoms with Crippen molar-refractivity contribution in [3.05, 3.63) is 82.8 Å². The van der Waals surface area contributed by atoms with E-state index in [1.54, 1.807) is 37.0 Å². The van der Waals surface area contributed by atoms with Crippen LogP contribution in [-0.2, 0) is 22.6 Å². The number of methoxy groups -OCH3 is 1. The second kappa shape index (κ2) is 11.7. The van der Waals surface area contributed by atoms with Gasteiger partial charge in [-0.25, -0.2) is 9.59 Å². The minimum Gasteiger partial charge on any atom is -0.497 e. The maximum Gasteiger partial charge on any atom is 0.411 e. The Bertz CT molecular complexity index is 1750. The molecule has 2 amide bonds. The van der Waals surface area contributed by atoms with Gasteiger partial charge >= 0.3 is 11.8 Å². The second-order valence-electron chi connectivity index (χ2n) is 12.3. The fourth-order valence-electron chi connectivity index (χ4n) is 6.03. The third kappa shape index (κ3) is 5.89. The molecule has 1 N–H and O–H groups in total. The molecule has 44 heavy (non-hydrogen) atoms. The fourth-order valence-corrected chi connectivity index (χ4v) is 6.03. The first-order valence-electron chi connectivity index (χ1n) is 15.0. The predicted molar refractivity (Wildman–Crippen MR) is 167 cm³/mol. The summed E-state index contributed by atoms with van der Waals surface area (Å²) in [5.41, 5.74) is 3.65. The van der Waals surface area contributed by atoms with Crippen LogP contribution in [0.15, 0.2) is 71.5 Å². The number of amides is 2. The summed E-state index contributed by atoms with van der Waals surface area (Å²) >= 11 is 0. The van der Waals surface area contributed by atoms with Crippen LogP contribution in [0.2, 0.25) is 0 Å². The number of fused-ring (bicyclic) bond motifs is 5. The second-order valence-corrected chi connectivity index (χ2v) is 12.3. The molecular formula is C34H38N4O6. The number of benzene rings is 3. The van der Waals surface area contributed by atoms with Crippen molar-refractivity contribution < 1.29 is 23.8 Å². The van der Waals surface area contributed by atoms with E-state index in [0.29, 0.717) is 38.2 Å². The normalized spacial score (nSPS) is 18.6. The molecule has 2 aliphatic rings. The number of aryl methyl sites for hydroxylation is 1. The SMILES string of the molecule is COc1ccc(Cn2c(=O)n3c4c(cccc42)-c2cccc(c2)O[C@H]2C[C@@H](C(=O)NCCC3)N(C(=O)OC(C)(C)C)C2)cc1. The van der Waals surface area contributed by atoms with Gasteiger partial charge in [0.15, 0.2) is 0 Å². The molecule has 0 spiro atoms. The third-order valence-corrected chi connectivity index (χ3v) is 8.04. The summed E-state index contributed by atoms with van der Waals surface area (Å²) in [4.78, 5) is 41.9. The van der Waals surface area contributed by atoms with Crippen molar-refractivity contribution in [1.29, 1.82) is 0 Å². The van der Waals surface area contributed by atoms with E-state index >= 15 is 0 Å². The fraction of sp³-hybridized carbons (Fsp3) is 0.382. The van der Waals surface area contributed by atoms with E-state index in [9.17, 15) is 14.4 Å². The summed E-state index contributed by atoms with van der Waals surface area (Å²) in [6.45, 7) is 6.79. The Morgan fingerprint density at radius 3 is 2.57 bits per heavy atom. The number of carbonyl (C=O) groups is 2. The summed E-state index contributed by atoms with van der Waals surface area (Å²) in [7, 11) is 1.63. The van der Waals surface area contributed by atoms with Crippen LogP contribution in [0.4, 0.5) is 4.79 Å². The molecule has 4 aromatic rings. The molecule has 6 rings (SSSR count). The molecule has 1 saturated heterocycles. The number of rotatable bonds is 3. The molecular weight excluding hydrogens is 560 g/mol. The highest BCUT2D eigenvalue weighted by atomic mass is 16.6. The van der Waals surface area contributed by atoms with Crippen LogP contribution < -0.4 is 20.5 Å². The van der Waals surface area contributed by atoms with Crippen molar-refractivity contribution >= 4 is 23.0 Å². The number of imidazole rings is 1. The van der Waals surface area contributed by atoms with Gasteiger partial charge in [-0.1, -0.05) is 36.4 Å². The molecule has 10 nitrogen and oxygen atoms in total. The van der Waals surface area contributed by atoms with Gasteiger partial charge in [0.2, 0.25) is 5.91 Å². The van der Waals surface area contributed by atoms with E-state index in [2.05, 4.69) is 5.32 Å². The first-order chi connectivity index (χ1) is 21.1. The number of hydrogen-bond acceptors (Lipinski definition) is 6. The Morgan fingerprint density at radius 1 is 1.05 bits per heavy atom. The highest BCUT2D eigenvalue weighted by Crippen LogP contribution is 2.33. The maximum atomic E-state index is 14.0. The number of para-hydroxylation sites is 1. The minimum absolute atomic E-state index is 0.124. The van der Waals surface area contributed by atoms with Crippen molar-refractivity contribution in [2.75, 3.05) is 20.2 Å². The van der Waals surface area contributed by atoms with Gasteiger partial charge in [0, 0.05) is 25.1 Å². The lowest BCUT2D eigenvalue weighted by atomic mass is 10.0. The van der Waals surface area contributed by atoms with Gasteiger partial charge in [0.1, 0.15) is 29.2 Å². The van der Waals surface area contributed by atoms with Crippen molar-refractivity contribution in [2.45, 2.75) is 64.4 Å². The Labute approximate surface area is 256 Å². The molecule has 0 aliphatic carbocycles. The Hall–Kier alpha value is -4.73.